The maximum absolute atomic E-state index is 13.4. The summed E-state index contributed by atoms with van der Waals surface area (Å²) in [5.41, 5.74) is 1.87. The van der Waals surface area contributed by atoms with Crippen LogP contribution in [-0.4, -0.2) is 33.0 Å². The molecule has 0 N–H and O–H groups in total. The van der Waals surface area contributed by atoms with Gasteiger partial charge in [-0.1, -0.05) is 38.1 Å². The lowest BCUT2D eigenvalue weighted by atomic mass is 10.0. The molecule has 5 nitrogen and oxygen atoms in total. The SMILES string of the molecule is CC(C)COc1ccc(CC(=O)N(Cc2ccc(F)cc2)[C@@H]2CCn3ccnc3C2)cc1. The van der Waals surface area contributed by atoms with E-state index >= 15 is 0 Å². The maximum Gasteiger partial charge on any atom is 0.227 e. The smallest absolute Gasteiger partial charge is 0.227 e. The van der Waals surface area contributed by atoms with E-state index in [1.807, 2.05) is 41.6 Å². The van der Waals surface area contributed by atoms with Gasteiger partial charge in [0.1, 0.15) is 17.4 Å². The molecule has 1 aromatic heterocycles. The molecular formula is C26H30FN3O2. The Bertz CT molecular complexity index is 1030. The number of hydrogen-bond donors (Lipinski definition) is 0. The minimum atomic E-state index is -0.272. The molecule has 4 rings (SSSR count). The third-order valence-corrected chi connectivity index (χ3v) is 5.81. The number of aromatic nitrogens is 2. The van der Waals surface area contributed by atoms with Gasteiger partial charge in [0.2, 0.25) is 5.91 Å². The van der Waals surface area contributed by atoms with Crippen molar-refractivity contribution >= 4 is 5.91 Å². The van der Waals surface area contributed by atoms with E-state index in [0.717, 1.165) is 42.1 Å². The van der Waals surface area contributed by atoms with E-state index in [2.05, 4.69) is 23.4 Å². The fourth-order valence-electron chi connectivity index (χ4n) is 4.05. The summed E-state index contributed by atoms with van der Waals surface area (Å²) in [7, 11) is 0. The Kier molecular flexibility index (Phi) is 6.88. The molecule has 6 heteroatoms. The molecule has 2 heterocycles. The molecule has 0 fully saturated rings. The van der Waals surface area contributed by atoms with E-state index in [0.29, 0.717) is 25.5 Å². The van der Waals surface area contributed by atoms with Crippen LogP contribution in [0.2, 0.25) is 0 Å². The van der Waals surface area contributed by atoms with E-state index in [-0.39, 0.29) is 17.8 Å². The number of fused-ring (bicyclic) bond motifs is 1. The molecule has 1 aliphatic heterocycles. The van der Waals surface area contributed by atoms with E-state index < -0.39 is 0 Å². The van der Waals surface area contributed by atoms with Gasteiger partial charge in [-0.3, -0.25) is 4.79 Å². The van der Waals surface area contributed by atoms with Crippen molar-refractivity contribution < 1.29 is 13.9 Å². The second-order valence-electron chi connectivity index (χ2n) is 8.86. The second kappa shape index (κ2) is 9.98. The highest BCUT2D eigenvalue weighted by Gasteiger charge is 2.28. The van der Waals surface area contributed by atoms with Gasteiger partial charge in [0.15, 0.2) is 0 Å². The van der Waals surface area contributed by atoms with Crippen LogP contribution in [0.15, 0.2) is 60.9 Å². The van der Waals surface area contributed by atoms with Crippen LogP contribution in [0.4, 0.5) is 4.39 Å². The Morgan fingerprint density at radius 1 is 1.16 bits per heavy atom. The predicted molar refractivity (Wildman–Crippen MR) is 122 cm³/mol. The summed E-state index contributed by atoms with van der Waals surface area (Å²) >= 11 is 0. The van der Waals surface area contributed by atoms with Crippen LogP contribution in [0, 0.1) is 11.7 Å². The first-order valence-corrected chi connectivity index (χ1v) is 11.2. The van der Waals surface area contributed by atoms with Crippen molar-refractivity contribution in [2.24, 2.45) is 5.92 Å². The maximum atomic E-state index is 13.4. The lowest BCUT2D eigenvalue weighted by Gasteiger charge is -2.35. The summed E-state index contributed by atoms with van der Waals surface area (Å²) in [4.78, 5) is 19.8. The van der Waals surface area contributed by atoms with Crippen LogP contribution >= 0.6 is 0 Å². The molecule has 0 spiro atoms. The number of carbonyl (C=O) groups excluding carboxylic acids is 1. The number of imidazole rings is 1. The van der Waals surface area contributed by atoms with Gasteiger partial charge in [-0.25, -0.2) is 9.37 Å². The van der Waals surface area contributed by atoms with Crippen molar-refractivity contribution in [1.29, 1.82) is 0 Å². The molecule has 1 aliphatic rings. The van der Waals surface area contributed by atoms with E-state index in [4.69, 9.17) is 4.74 Å². The zero-order valence-corrected chi connectivity index (χ0v) is 18.7. The molecule has 1 atom stereocenters. The highest BCUT2D eigenvalue weighted by atomic mass is 19.1. The lowest BCUT2D eigenvalue weighted by Crippen LogP contribution is -2.44. The molecule has 0 saturated heterocycles. The molecular weight excluding hydrogens is 405 g/mol. The van der Waals surface area contributed by atoms with Crippen LogP contribution in [0.25, 0.3) is 0 Å². The Morgan fingerprint density at radius 2 is 1.88 bits per heavy atom. The van der Waals surface area contributed by atoms with Gasteiger partial charge in [-0.15, -0.1) is 0 Å². The lowest BCUT2D eigenvalue weighted by molar-refractivity contribution is -0.134. The minimum Gasteiger partial charge on any atom is -0.493 e. The zero-order chi connectivity index (χ0) is 22.5. The molecule has 0 radical (unpaired) electrons. The normalized spacial score (nSPS) is 15.4. The first-order chi connectivity index (χ1) is 15.5. The topological polar surface area (TPSA) is 47.4 Å². The van der Waals surface area contributed by atoms with Crippen LogP contribution in [0.3, 0.4) is 0 Å². The number of halogens is 1. The standard InChI is InChI=1S/C26H30FN3O2/c1-19(2)18-32-24-9-5-20(6-10-24)15-26(31)30(17-21-3-7-22(27)8-4-21)23-11-13-29-14-12-28-25(29)16-23/h3-10,12,14,19,23H,11,13,15-18H2,1-2H3/t23-/m1/s1. The van der Waals surface area contributed by atoms with Gasteiger partial charge < -0.3 is 14.2 Å². The Hall–Kier alpha value is -3.15. The van der Waals surface area contributed by atoms with Crippen molar-refractivity contribution in [2.75, 3.05) is 6.61 Å². The molecule has 1 amide bonds. The molecule has 3 aromatic rings. The van der Waals surface area contributed by atoms with Crippen LogP contribution in [0.1, 0.15) is 37.2 Å². The van der Waals surface area contributed by atoms with Gasteiger partial charge in [0.05, 0.1) is 13.0 Å². The highest BCUT2D eigenvalue weighted by molar-refractivity contribution is 5.79. The van der Waals surface area contributed by atoms with Crippen molar-refractivity contribution in [1.82, 2.24) is 14.5 Å². The quantitative estimate of drug-likeness (QED) is 0.518. The Balaban J connectivity index is 1.48. The number of amides is 1. The molecule has 0 unspecified atom stereocenters. The van der Waals surface area contributed by atoms with E-state index in [1.54, 1.807) is 12.1 Å². The fraction of sp³-hybridized carbons (Fsp3) is 0.385. The van der Waals surface area contributed by atoms with Gasteiger partial charge >= 0.3 is 0 Å². The number of aryl methyl sites for hydroxylation is 1. The minimum absolute atomic E-state index is 0.0650. The first-order valence-electron chi connectivity index (χ1n) is 11.2. The monoisotopic (exact) mass is 435 g/mol. The van der Waals surface area contributed by atoms with Crippen LogP contribution in [-0.2, 0) is 30.7 Å². The Labute approximate surface area is 188 Å². The highest BCUT2D eigenvalue weighted by Crippen LogP contribution is 2.22. The molecule has 0 saturated carbocycles. The summed E-state index contributed by atoms with van der Waals surface area (Å²) in [5.74, 6) is 2.07. The third kappa shape index (κ3) is 5.55. The van der Waals surface area contributed by atoms with Crippen molar-refractivity contribution in [3.63, 3.8) is 0 Å². The largest absolute Gasteiger partial charge is 0.493 e. The number of ether oxygens (including phenoxy) is 1. The van der Waals surface area contributed by atoms with Crippen molar-refractivity contribution in [2.45, 2.75) is 52.2 Å². The number of nitrogens with zero attached hydrogens (tertiary/aromatic N) is 3. The van der Waals surface area contributed by atoms with Crippen molar-refractivity contribution in [3.05, 3.63) is 83.7 Å². The average Bonchev–Trinajstić information content (AvgIpc) is 3.26. The third-order valence-electron chi connectivity index (χ3n) is 5.81. The summed E-state index contributed by atoms with van der Waals surface area (Å²) < 4.78 is 21.3. The van der Waals surface area contributed by atoms with Gasteiger partial charge in [-0.2, -0.15) is 0 Å². The van der Waals surface area contributed by atoms with E-state index in [1.165, 1.54) is 12.1 Å². The number of rotatable bonds is 8. The summed E-state index contributed by atoms with van der Waals surface area (Å²) in [6.45, 7) is 6.19. The average molecular weight is 436 g/mol. The molecule has 168 valence electrons. The number of carbonyl (C=O) groups is 1. The summed E-state index contributed by atoms with van der Waals surface area (Å²) in [5, 5.41) is 0. The van der Waals surface area contributed by atoms with Crippen LogP contribution < -0.4 is 4.74 Å². The molecule has 0 aliphatic carbocycles. The molecule has 0 bridgehead atoms. The summed E-state index contributed by atoms with van der Waals surface area (Å²) in [6, 6.07) is 14.2. The number of hydrogen-bond acceptors (Lipinski definition) is 3. The predicted octanol–water partition coefficient (Wildman–Crippen LogP) is 4.64. The van der Waals surface area contributed by atoms with Gasteiger partial charge in [0.25, 0.3) is 0 Å². The van der Waals surface area contributed by atoms with Gasteiger partial charge in [-0.05, 0) is 47.7 Å². The summed E-state index contributed by atoms with van der Waals surface area (Å²) in [6.07, 6.45) is 5.71. The Morgan fingerprint density at radius 3 is 2.59 bits per heavy atom. The van der Waals surface area contributed by atoms with Crippen LogP contribution in [0.5, 0.6) is 5.75 Å². The number of benzene rings is 2. The zero-order valence-electron chi connectivity index (χ0n) is 18.7. The first kappa shape index (κ1) is 22.1. The van der Waals surface area contributed by atoms with Gasteiger partial charge in [0, 0.05) is 37.9 Å². The molecule has 2 aromatic carbocycles. The van der Waals surface area contributed by atoms with E-state index in [9.17, 15) is 9.18 Å². The fourth-order valence-corrected chi connectivity index (χ4v) is 4.05. The van der Waals surface area contributed by atoms with Crippen molar-refractivity contribution in [3.8, 4) is 5.75 Å². The second-order valence-corrected chi connectivity index (χ2v) is 8.86. The molecule has 32 heavy (non-hydrogen) atoms.